The Morgan fingerprint density at radius 2 is 1.59 bits per heavy atom. The Morgan fingerprint density at radius 3 is 2.24 bits per heavy atom. The lowest BCUT2D eigenvalue weighted by molar-refractivity contribution is -0.131. The molecule has 1 fully saturated rings. The monoisotopic (exact) mass is 553 g/mol. The number of nitrogens with one attached hydrogen (secondary N) is 2. The average molecular weight is 554 g/mol. The van der Waals surface area contributed by atoms with Crippen molar-refractivity contribution in [3.63, 3.8) is 0 Å². The van der Waals surface area contributed by atoms with Gasteiger partial charge in [0.15, 0.2) is 0 Å². The number of carbonyl (C=O) groups is 2. The zero-order valence-corrected chi connectivity index (χ0v) is 21.8. The molecule has 6 rings (SSSR count). The zero-order valence-electron chi connectivity index (χ0n) is 21.8. The summed E-state index contributed by atoms with van der Waals surface area (Å²) in [6.45, 7) is -0.273. The van der Waals surface area contributed by atoms with Crippen LogP contribution in [0.15, 0.2) is 91.4 Å². The van der Waals surface area contributed by atoms with E-state index in [1.165, 1.54) is 24.3 Å². The normalized spacial score (nSPS) is 13.5. The molecule has 0 radical (unpaired) electrons. The summed E-state index contributed by atoms with van der Waals surface area (Å²) in [4.78, 5) is 30.2. The van der Waals surface area contributed by atoms with Gasteiger partial charge < -0.3 is 15.4 Å². The van der Waals surface area contributed by atoms with Crippen LogP contribution in [0.4, 0.5) is 20.2 Å². The molecule has 0 spiro atoms. The molecule has 10 heteroatoms. The highest BCUT2D eigenvalue weighted by Crippen LogP contribution is 2.47. The topological polar surface area (TPSA) is 98.1 Å². The zero-order chi connectivity index (χ0) is 28.4. The first kappa shape index (κ1) is 26.1. The number of alkyl halides is 1. The van der Waals surface area contributed by atoms with Crippen LogP contribution >= 0.6 is 0 Å². The van der Waals surface area contributed by atoms with E-state index in [4.69, 9.17) is 4.74 Å². The number of aromatic nitrogens is 3. The van der Waals surface area contributed by atoms with Crippen molar-refractivity contribution in [1.29, 1.82) is 0 Å². The van der Waals surface area contributed by atoms with Crippen molar-refractivity contribution >= 4 is 34.1 Å². The van der Waals surface area contributed by atoms with E-state index in [1.807, 2.05) is 18.2 Å². The van der Waals surface area contributed by atoms with Crippen molar-refractivity contribution in [3.8, 4) is 22.6 Å². The molecule has 2 aromatic heterocycles. The highest BCUT2D eigenvalue weighted by atomic mass is 19.1. The van der Waals surface area contributed by atoms with Crippen LogP contribution in [0.25, 0.3) is 22.0 Å². The quantitative estimate of drug-likeness (QED) is 0.207. The molecule has 0 unspecified atom stereocenters. The maximum atomic E-state index is 13.2. The predicted molar refractivity (Wildman–Crippen MR) is 151 cm³/mol. The minimum Gasteiger partial charge on any atom is -0.457 e. The van der Waals surface area contributed by atoms with Crippen LogP contribution < -0.4 is 15.4 Å². The van der Waals surface area contributed by atoms with Gasteiger partial charge in [-0.15, -0.1) is 0 Å². The average Bonchev–Trinajstić information content (AvgIpc) is 3.68. The maximum Gasteiger partial charge on any atom is 0.240 e. The highest BCUT2D eigenvalue weighted by Gasteiger charge is 2.56. The minimum absolute atomic E-state index is 0.208. The van der Waals surface area contributed by atoms with E-state index in [2.05, 4.69) is 20.7 Å². The number of aryl methyl sites for hydroxylation is 1. The summed E-state index contributed by atoms with van der Waals surface area (Å²) in [5.41, 5.74) is 2.32. The molecule has 1 aliphatic carbocycles. The second-order valence-electron chi connectivity index (χ2n) is 9.85. The van der Waals surface area contributed by atoms with Crippen LogP contribution in [-0.2, 0) is 16.1 Å². The number of amides is 2. The van der Waals surface area contributed by atoms with E-state index in [9.17, 15) is 18.4 Å². The maximum absolute atomic E-state index is 13.2. The number of carbonyl (C=O) groups excluding carboxylic acids is 2. The third-order valence-electron chi connectivity index (χ3n) is 7.04. The molecule has 1 saturated carbocycles. The number of anilines is 2. The summed E-state index contributed by atoms with van der Waals surface area (Å²) in [5.74, 6) is -0.0419. The third kappa shape index (κ3) is 5.49. The first-order valence-corrected chi connectivity index (χ1v) is 13.1. The van der Waals surface area contributed by atoms with Crippen molar-refractivity contribution in [3.05, 3.63) is 97.2 Å². The van der Waals surface area contributed by atoms with Gasteiger partial charge in [-0.2, -0.15) is 5.10 Å². The summed E-state index contributed by atoms with van der Waals surface area (Å²) >= 11 is 0. The first-order chi connectivity index (χ1) is 19.9. The molecular formula is C31H25F2N5O3. The molecule has 41 heavy (non-hydrogen) atoms. The number of pyridine rings is 1. The molecule has 5 aromatic rings. The first-order valence-electron chi connectivity index (χ1n) is 13.1. The molecular weight excluding hydrogens is 528 g/mol. The van der Waals surface area contributed by atoms with E-state index in [0.717, 1.165) is 22.0 Å². The SMILES string of the molecule is O=C(Nc1ccc(F)cc1)C1(C(=O)Nc2ccc(Oc3ccnc4cc(-c5cnn(CCF)c5)ccc34)cc2)CC1. The molecule has 2 amide bonds. The van der Waals surface area contributed by atoms with Gasteiger partial charge in [0.05, 0.1) is 18.3 Å². The summed E-state index contributed by atoms with van der Waals surface area (Å²) in [5, 5.41) is 10.5. The smallest absolute Gasteiger partial charge is 0.240 e. The van der Waals surface area contributed by atoms with Gasteiger partial charge >= 0.3 is 0 Å². The number of nitrogens with zero attached hydrogens (tertiary/aromatic N) is 3. The molecule has 3 aromatic carbocycles. The number of hydrogen-bond acceptors (Lipinski definition) is 5. The summed E-state index contributed by atoms with van der Waals surface area (Å²) in [6.07, 6.45) is 6.02. The van der Waals surface area contributed by atoms with Gasteiger partial charge in [0.1, 0.15) is 29.4 Å². The molecule has 8 nitrogen and oxygen atoms in total. The van der Waals surface area contributed by atoms with Crippen LogP contribution in [0.3, 0.4) is 0 Å². The minimum atomic E-state index is -1.15. The van der Waals surface area contributed by atoms with Crippen molar-refractivity contribution in [1.82, 2.24) is 14.8 Å². The Morgan fingerprint density at radius 1 is 0.902 bits per heavy atom. The van der Waals surface area contributed by atoms with Gasteiger partial charge in [-0.3, -0.25) is 19.3 Å². The van der Waals surface area contributed by atoms with Crippen molar-refractivity contribution in [2.45, 2.75) is 19.4 Å². The van der Waals surface area contributed by atoms with Crippen LogP contribution in [0, 0.1) is 11.2 Å². The lowest BCUT2D eigenvalue weighted by atomic mass is 10.0. The lowest BCUT2D eigenvalue weighted by Gasteiger charge is -2.16. The molecule has 0 bridgehead atoms. The number of halogens is 2. The van der Waals surface area contributed by atoms with Crippen molar-refractivity contribution in [2.75, 3.05) is 17.3 Å². The second-order valence-corrected chi connectivity index (χ2v) is 9.85. The largest absolute Gasteiger partial charge is 0.457 e. The molecule has 2 N–H and O–H groups in total. The van der Waals surface area contributed by atoms with E-state index < -0.39 is 29.7 Å². The number of rotatable bonds is 9. The predicted octanol–water partition coefficient (Wildman–Crippen LogP) is 6.36. The summed E-state index contributed by atoms with van der Waals surface area (Å²) < 4.78 is 33.5. The van der Waals surface area contributed by atoms with Gasteiger partial charge in [0.2, 0.25) is 11.8 Å². The van der Waals surface area contributed by atoms with Gasteiger partial charge in [0, 0.05) is 34.7 Å². The van der Waals surface area contributed by atoms with E-state index in [-0.39, 0.29) is 6.54 Å². The van der Waals surface area contributed by atoms with E-state index in [0.29, 0.717) is 35.7 Å². The van der Waals surface area contributed by atoms with Gasteiger partial charge in [-0.05, 0) is 85.1 Å². The Balaban J connectivity index is 1.12. The number of ether oxygens (including phenoxy) is 1. The molecule has 0 saturated heterocycles. The Kier molecular flexibility index (Phi) is 6.88. The van der Waals surface area contributed by atoms with Crippen molar-refractivity contribution in [2.24, 2.45) is 5.41 Å². The second kappa shape index (κ2) is 10.8. The fourth-order valence-electron chi connectivity index (χ4n) is 4.56. The van der Waals surface area contributed by atoms with Gasteiger partial charge in [-0.25, -0.2) is 8.78 Å². The summed E-state index contributed by atoms with van der Waals surface area (Å²) in [7, 11) is 0. The van der Waals surface area contributed by atoms with E-state index in [1.54, 1.807) is 53.6 Å². The van der Waals surface area contributed by atoms with E-state index >= 15 is 0 Å². The van der Waals surface area contributed by atoms with Crippen LogP contribution in [0.2, 0.25) is 0 Å². The third-order valence-corrected chi connectivity index (χ3v) is 7.04. The fraction of sp³-hybridized carbons (Fsp3) is 0.161. The molecule has 206 valence electrons. The molecule has 1 aliphatic rings. The number of fused-ring (bicyclic) bond motifs is 1. The van der Waals surface area contributed by atoms with Crippen molar-refractivity contribution < 1.29 is 23.1 Å². The lowest BCUT2D eigenvalue weighted by Crippen LogP contribution is -2.35. The Labute approximate surface area is 234 Å². The number of benzene rings is 3. The molecule has 0 atom stereocenters. The fourth-order valence-corrected chi connectivity index (χ4v) is 4.56. The van der Waals surface area contributed by atoms with Crippen LogP contribution in [-0.4, -0.2) is 33.3 Å². The Bertz CT molecular complexity index is 1730. The van der Waals surface area contributed by atoms with Crippen LogP contribution in [0.5, 0.6) is 11.5 Å². The molecule has 0 aliphatic heterocycles. The summed E-state index contributed by atoms with van der Waals surface area (Å²) in [6, 6.07) is 19.8. The van der Waals surface area contributed by atoms with Crippen LogP contribution in [0.1, 0.15) is 12.8 Å². The highest BCUT2D eigenvalue weighted by molar-refractivity contribution is 6.16. The standard InChI is InChI=1S/C31H25F2N5O3/c32-14-16-38-19-21(18-35-38)20-1-10-26-27(17-20)34-15-11-28(26)41-25-8-6-24(7-9-25)37-30(40)31(12-13-31)29(39)36-23-4-2-22(33)3-5-23/h1-11,15,17-19H,12-14,16H2,(H,36,39)(H,37,40). The number of hydrogen-bond donors (Lipinski definition) is 2. The molecule has 2 heterocycles. The Hall–Kier alpha value is -5.12. The van der Waals surface area contributed by atoms with Gasteiger partial charge in [0.25, 0.3) is 0 Å². The van der Waals surface area contributed by atoms with Gasteiger partial charge in [-0.1, -0.05) is 6.07 Å².